The molecule has 0 aromatic heterocycles. The van der Waals surface area contributed by atoms with E-state index in [-0.39, 0.29) is 0 Å². The molecule has 10 heavy (non-hydrogen) atoms. The molecule has 0 saturated carbocycles. The second-order valence-electron chi connectivity index (χ2n) is 3.60. The molecule has 1 unspecified atom stereocenters. The van der Waals surface area contributed by atoms with Gasteiger partial charge in [-0.15, -0.1) is 0 Å². The Bertz CT molecular complexity index is 85.7. The van der Waals surface area contributed by atoms with Crippen LogP contribution in [-0.2, 0) is 0 Å². The maximum Gasteiger partial charge on any atom is 0.0521 e. The number of aliphatic hydroxyl groups excluding tert-OH is 1. The Labute approximate surface area is 68.2 Å². The van der Waals surface area contributed by atoms with Crippen LogP contribution in [0, 0.1) is 5.41 Å². The molecule has 0 radical (unpaired) electrons. The van der Waals surface area contributed by atoms with E-state index in [0.717, 1.165) is 5.75 Å². The minimum atomic E-state index is 0.297. The van der Waals surface area contributed by atoms with Crippen molar-refractivity contribution in [3.63, 3.8) is 0 Å². The number of hydrogen-bond donors (Lipinski definition) is 1. The first-order valence-electron chi connectivity index (χ1n) is 3.71. The van der Waals surface area contributed by atoms with E-state index >= 15 is 0 Å². The summed E-state index contributed by atoms with van der Waals surface area (Å²) in [5.41, 5.74) is 0.361. The van der Waals surface area contributed by atoms with E-state index in [4.69, 9.17) is 5.11 Å². The fourth-order valence-electron chi connectivity index (χ4n) is 0.479. The standard InChI is InChI=1S/C8H18OS/c1-7(8(2,3)4)10-6-5-9/h7,9H,5-6H2,1-4H3. The number of hydrogen-bond acceptors (Lipinski definition) is 2. The van der Waals surface area contributed by atoms with Crippen LogP contribution in [0.25, 0.3) is 0 Å². The van der Waals surface area contributed by atoms with Crippen molar-refractivity contribution in [1.29, 1.82) is 0 Å². The van der Waals surface area contributed by atoms with Crippen LogP contribution in [0.3, 0.4) is 0 Å². The van der Waals surface area contributed by atoms with Crippen molar-refractivity contribution in [2.45, 2.75) is 32.9 Å². The summed E-state index contributed by atoms with van der Waals surface area (Å²) in [6.07, 6.45) is 0. The van der Waals surface area contributed by atoms with Crippen LogP contribution in [0.4, 0.5) is 0 Å². The number of thioether (sulfide) groups is 1. The fraction of sp³-hybridized carbons (Fsp3) is 1.00. The van der Waals surface area contributed by atoms with Gasteiger partial charge in [0.2, 0.25) is 0 Å². The van der Waals surface area contributed by atoms with Crippen molar-refractivity contribution in [3.05, 3.63) is 0 Å². The molecule has 0 aromatic rings. The van der Waals surface area contributed by atoms with Crippen LogP contribution in [0.5, 0.6) is 0 Å². The topological polar surface area (TPSA) is 20.2 Å². The Morgan fingerprint density at radius 1 is 1.40 bits per heavy atom. The normalized spacial score (nSPS) is 15.3. The first-order valence-corrected chi connectivity index (χ1v) is 4.76. The van der Waals surface area contributed by atoms with E-state index in [0.29, 0.717) is 17.3 Å². The molecular formula is C8H18OS. The third kappa shape index (κ3) is 4.18. The van der Waals surface area contributed by atoms with E-state index in [1.807, 2.05) is 11.8 Å². The molecule has 0 saturated heterocycles. The predicted octanol–water partition coefficient (Wildman–Crippen LogP) is 2.15. The van der Waals surface area contributed by atoms with Crippen LogP contribution in [0.2, 0.25) is 0 Å². The van der Waals surface area contributed by atoms with Crippen molar-refractivity contribution < 1.29 is 5.11 Å². The molecule has 1 nitrogen and oxygen atoms in total. The molecule has 0 spiro atoms. The highest BCUT2D eigenvalue weighted by Gasteiger charge is 2.19. The maximum absolute atomic E-state index is 8.56. The first kappa shape index (κ1) is 10.3. The monoisotopic (exact) mass is 162 g/mol. The minimum Gasteiger partial charge on any atom is -0.396 e. The minimum absolute atomic E-state index is 0.297. The second kappa shape index (κ2) is 4.24. The zero-order valence-corrected chi connectivity index (χ0v) is 8.16. The molecule has 0 fully saturated rings. The molecule has 0 heterocycles. The highest BCUT2D eigenvalue weighted by Crippen LogP contribution is 2.29. The molecule has 0 aliphatic carbocycles. The van der Waals surface area contributed by atoms with Gasteiger partial charge in [-0.1, -0.05) is 27.7 Å². The van der Waals surface area contributed by atoms with Crippen molar-refractivity contribution >= 4 is 11.8 Å². The zero-order chi connectivity index (χ0) is 8.20. The van der Waals surface area contributed by atoms with Gasteiger partial charge >= 0.3 is 0 Å². The fourth-order valence-corrected chi connectivity index (χ4v) is 1.44. The van der Waals surface area contributed by atoms with Crippen LogP contribution in [-0.4, -0.2) is 22.7 Å². The Kier molecular flexibility index (Phi) is 4.37. The third-order valence-corrected chi connectivity index (χ3v) is 3.30. The summed E-state index contributed by atoms with van der Waals surface area (Å²) < 4.78 is 0. The molecule has 0 aliphatic rings. The lowest BCUT2D eigenvalue weighted by atomic mass is 9.93. The largest absolute Gasteiger partial charge is 0.396 e. The summed E-state index contributed by atoms with van der Waals surface area (Å²) in [5.74, 6) is 0.860. The highest BCUT2D eigenvalue weighted by molar-refractivity contribution is 7.99. The summed E-state index contributed by atoms with van der Waals surface area (Å²) in [6, 6.07) is 0. The molecule has 1 atom stereocenters. The number of aliphatic hydroxyl groups is 1. The molecule has 0 rings (SSSR count). The Morgan fingerprint density at radius 3 is 2.20 bits per heavy atom. The molecule has 0 aliphatic heterocycles. The average molecular weight is 162 g/mol. The van der Waals surface area contributed by atoms with Gasteiger partial charge in [0.1, 0.15) is 0 Å². The average Bonchev–Trinajstić information content (AvgIpc) is 1.80. The van der Waals surface area contributed by atoms with E-state index in [1.54, 1.807) is 0 Å². The number of rotatable bonds is 3. The van der Waals surface area contributed by atoms with Crippen LogP contribution in [0.1, 0.15) is 27.7 Å². The maximum atomic E-state index is 8.56. The lowest BCUT2D eigenvalue weighted by Gasteiger charge is -2.26. The van der Waals surface area contributed by atoms with Gasteiger partial charge in [-0.3, -0.25) is 0 Å². The zero-order valence-electron chi connectivity index (χ0n) is 7.35. The lowest BCUT2D eigenvalue weighted by molar-refractivity contribution is 0.321. The first-order chi connectivity index (χ1) is 4.48. The van der Waals surface area contributed by atoms with Crippen molar-refractivity contribution in [2.75, 3.05) is 12.4 Å². The van der Waals surface area contributed by atoms with Crippen LogP contribution < -0.4 is 0 Å². The Hall–Kier alpha value is 0.310. The predicted molar refractivity (Wildman–Crippen MR) is 48.5 cm³/mol. The highest BCUT2D eigenvalue weighted by atomic mass is 32.2. The molecule has 0 bridgehead atoms. The molecule has 2 heteroatoms. The van der Waals surface area contributed by atoms with Crippen molar-refractivity contribution in [1.82, 2.24) is 0 Å². The van der Waals surface area contributed by atoms with Gasteiger partial charge in [-0.05, 0) is 5.41 Å². The van der Waals surface area contributed by atoms with E-state index in [1.165, 1.54) is 0 Å². The van der Waals surface area contributed by atoms with E-state index < -0.39 is 0 Å². The van der Waals surface area contributed by atoms with E-state index in [9.17, 15) is 0 Å². The summed E-state index contributed by atoms with van der Waals surface area (Å²) >= 11 is 1.83. The van der Waals surface area contributed by atoms with Crippen LogP contribution >= 0.6 is 11.8 Å². The molecular weight excluding hydrogens is 144 g/mol. The van der Waals surface area contributed by atoms with Crippen molar-refractivity contribution in [2.24, 2.45) is 5.41 Å². The SMILES string of the molecule is CC(SCCO)C(C)(C)C. The van der Waals surface area contributed by atoms with Gasteiger partial charge in [0.15, 0.2) is 0 Å². The Morgan fingerprint density at radius 2 is 1.90 bits per heavy atom. The molecule has 0 amide bonds. The van der Waals surface area contributed by atoms with Gasteiger partial charge in [0.05, 0.1) is 6.61 Å². The van der Waals surface area contributed by atoms with Gasteiger partial charge in [-0.25, -0.2) is 0 Å². The van der Waals surface area contributed by atoms with Gasteiger partial charge < -0.3 is 5.11 Å². The molecule has 0 aromatic carbocycles. The van der Waals surface area contributed by atoms with Crippen LogP contribution in [0.15, 0.2) is 0 Å². The van der Waals surface area contributed by atoms with E-state index in [2.05, 4.69) is 27.7 Å². The summed E-state index contributed by atoms with van der Waals surface area (Å²) in [7, 11) is 0. The molecule has 1 N–H and O–H groups in total. The second-order valence-corrected chi connectivity index (χ2v) is 5.05. The summed E-state index contributed by atoms with van der Waals surface area (Å²) in [6.45, 7) is 9.18. The van der Waals surface area contributed by atoms with Gasteiger partial charge in [0.25, 0.3) is 0 Å². The van der Waals surface area contributed by atoms with Gasteiger partial charge in [-0.2, -0.15) is 11.8 Å². The smallest absolute Gasteiger partial charge is 0.0521 e. The van der Waals surface area contributed by atoms with Crippen molar-refractivity contribution in [3.8, 4) is 0 Å². The quantitative estimate of drug-likeness (QED) is 0.686. The molecule has 62 valence electrons. The summed E-state index contributed by atoms with van der Waals surface area (Å²) in [4.78, 5) is 0. The third-order valence-electron chi connectivity index (χ3n) is 1.68. The summed E-state index contributed by atoms with van der Waals surface area (Å²) in [5, 5.41) is 9.18. The van der Waals surface area contributed by atoms with Gasteiger partial charge in [0, 0.05) is 11.0 Å². The lowest BCUT2D eigenvalue weighted by Crippen LogP contribution is -2.20. The Balaban J connectivity index is 3.52.